The van der Waals surface area contributed by atoms with Crippen molar-refractivity contribution in [2.24, 2.45) is 5.73 Å². The third-order valence-electron chi connectivity index (χ3n) is 3.47. The van der Waals surface area contributed by atoms with Crippen molar-refractivity contribution in [3.63, 3.8) is 0 Å². The number of aromatic nitrogens is 2. The van der Waals surface area contributed by atoms with Crippen LogP contribution in [0.5, 0.6) is 0 Å². The molecule has 3 heteroatoms. The molecule has 1 heterocycles. The van der Waals surface area contributed by atoms with Crippen molar-refractivity contribution in [2.75, 3.05) is 0 Å². The summed E-state index contributed by atoms with van der Waals surface area (Å²) >= 11 is 0. The minimum absolute atomic E-state index is 0.117. The molecule has 0 aliphatic carbocycles. The number of aryl methyl sites for hydroxylation is 1. The largest absolute Gasteiger partial charge is 0.324 e. The Bertz CT molecular complexity index is 528. The van der Waals surface area contributed by atoms with Crippen LogP contribution in [0.25, 0.3) is 11.1 Å². The van der Waals surface area contributed by atoms with Crippen LogP contribution in [-0.4, -0.2) is 9.78 Å². The van der Waals surface area contributed by atoms with Crippen molar-refractivity contribution in [1.29, 1.82) is 0 Å². The van der Waals surface area contributed by atoms with E-state index in [2.05, 4.69) is 50.1 Å². The van der Waals surface area contributed by atoms with E-state index in [0.29, 0.717) is 0 Å². The molecule has 3 nitrogen and oxygen atoms in total. The summed E-state index contributed by atoms with van der Waals surface area (Å²) in [5.41, 5.74) is 10.9. The van der Waals surface area contributed by atoms with Gasteiger partial charge in [0.05, 0.1) is 6.20 Å². The molecule has 0 radical (unpaired) electrons. The maximum absolute atomic E-state index is 6.09. The van der Waals surface area contributed by atoms with Crippen LogP contribution in [-0.2, 0) is 6.54 Å². The summed E-state index contributed by atoms with van der Waals surface area (Å²) in [6.07, 6.45) is 2.89. The fourth-order valence-corrected chi connectivity index (χ4v) is 2.22. The zero-order valence-electron chi connectivity index (χ0n) is 11.4. The third-order valence-corrected chi connectivity index (χ3v) is 3.47. The van der Waals surface area contributed by atoms with Crippen molar-refractivity contribution < 1.29 is 0 Å². The molecule has 96 valence electrons. The number of nitrogens with zero attached hydrogens (tertiary/aromatic N) is 2. The van der Waals surface area contributed by atoms with Crippen LogP contribution in [0.1, 0.15) is 37.6 Å². The standard InChI is InChI=1S/C15H21N3/c1-4-15(16)13-8-6-7-12(9-13)14-10-17-18(5-2)11(14)3/h6-10,15H,4-5,16H2,1-3H3. The highest BCUT2D eigenvalue weighted by atomic mass is 15.3. The Morgan fingerprint density at radius 2 is 2.11 bits per heavy atom. The molecule has 18 heavy (non-hydrogen) atoms. The second kappa shape index (κ2) is 5.36. The van der Waals surface area contributed by atoms with E-state index >= 15 is 0 Å². The monoisotopic (exact) mass is 243 g/mol. The number of benzene rings is 1. The lowest BCUT2D eigenvalue weighted by atomic mass is 9.99. The molecule has 0 spiro atoms. The van der Waals surface area contributed by atoms with Crippen molar-refractivity contribution in [3.05, 3.63) is 41.7 Å². The molecule has 0 saturated heterocycles. The van der Waals surface area contributed by atoms with E-state index in [4.69, 9.17) is 5.73 Å². The van der Waals surface area contributed by atoms with E-state index in [1.807, 2.05) is 10.9 Å². The van der Waals surface area contributed by atoms with Gasteiger partial charge in [-0.25, -0.2) is 0 Å². The van der Waals surface area contributed by atoms with Gasteiger partial charge in [0, 0.05) is 23.8 Å². The van der Waals surface area contributed by atoms with E-state index < -0.39 is 0 Å². The Hall–Kier alpha value is -1.61. The van der Waals surface area contributed by atoms with Crippen molar-refractivity contribution in [3.8, 4) is 11.1 Å². The first-order valence-electron chi connectivity index (χ1n) is 6.55. The van der Waals surface area contributed by atoms with Gasteiger partial charge in [-0.1, -0.05) is 25.1 Å². The number of hydrogen-bond donors (Lipinski definition) is 1. The highest BCUT2D eigenvalue weighted by Gasteiger charge is 2.09. The molecule has 0 fully saturated rings. The van der Waals surface area contributed by atoms with E-state index in [0.717, 1.165) is 13.0 Å². The zero-order valence-corrected chi connectivity index (χ0v) is 11.4. The molecule has 2 rings (SSSR count). The highest BCUT2D eigenvalue weighted by Crippen LogP contribution is 2.26. The van der Waals surface area contributed by atoms with Crippen molar-refractivity contribution in [2.45, 2.75) is 39.8 Å². The lowest BCUT2D eigenvalue weighted by Crippen LogP contribution is -2.08. The molecule has 0 saturated carbocycles. The number of hydrogen-bond acceptors (Lipinski definition) is 2. The quantitative estimate of drug-likeness (QED) is 0.895. The highest BCUT2D eigenvalue weighted by molar-refractivity contribution is 5.66. The lowest BCUT2D eigenvalue weighted by Gasteiger charge is -2.11. The number of rotatable bonds is 4. The Labute approximate surface area is 109 Å². The molecule has 1 unspecified atom stereocenters. The summed E-state index contributed by atoms with van der Waals surface area (Å²) in [5.74, 6) is 0. The van der Waals surface area contributed by atoms with Gasteiger partial charge in [0.1, 0.15) is 0 Å². The van der Waals surface area contributed by atoms with Gasteiger partial charge in [0.25, 0.3) is 0 Å². The molecular weight excluding hydrogens is 222 g/mol. The predicted octanol–water partition coefficient (Wildman–Crippen LogP) is 3.29. The fourth-order valence-electron chi connectivity index (χ4n) is 2.22. The van der Waals surface area contributed by atoms with Gasteiger partial charge in [-0.2, -0.15) is 5.10 Å². The third kappa shape index (κ3) is 2.31. The summed E-state index contributed by atoms with van der Waals surface area (Å²) in [5, 5.41) is 4.39. The summed E-state index contributed by atoms with van der Waals surface area (Å²) in [4.78, 5) is 0. The topological polar surface area (TPSA) is 43.8 Å². The summed E-state index contributed by atoms with van der Waals surface area (Å²) in [6, 6.07) is 8.58. The average molecular weight is 243 g/mol. The van der Waals surface area contributed by atoms with Gasteiger partial charge in [-0.3, -0.25) is 4.68 Å². The molecule has 1 aromatic carbocycles. The van der Waals surface area contributed by atoms with Crippen LogP contribution in [0.2, 0.25) is 0 Å². The Morgan fingerprint density at radius 3 is 2.72 bits per heavy atom. The average Bonchev–Trinajstić information content (AvgIpc) is 2.79. The van der Waals surface area contributed by atoms with E-state index in [1.54, 1.807) is 0 Å². The van der Waals surface area contributed by atoms with Crippen molar-refractivity contribution in [1.82, 2.24) is 9.78 Å². The minimum atomic E-state index is 0.117. The molecule has 0 aliphatic heterocycles. The van der Waals surface area contributed by atoms with Crippen molar-refractivity contribution >= 4 is 0 Å². The normalized spacial score (nSPS) is 12.7. The lowest BCUT2D eigenvalue weighted by molar-refractivity contribution is 0.640. The first-order chi connectivity index (χ1) is 8.67. The molecule has 2 N–H and O–H groups in total. The SMILES string of the molecule is CCC(N)c1cccc(-c2cnn(CC)c2C)c1. The Kier molecular flexibility index (Phi) is 3.82. The Morgan fingerprint density at radius 1 is 1.33 bits per heavy atom. The molecule has 1 atom stereocenters. The van der Waals surface area contributed by atoms with E-state index in [1.165, 1.54) is 22.4 Å². The van der Waals surface area contributed by atoms with Gasteiger partial charge in [-0.05, 0) is 37.5 Å². The molecule has 0 aliphatic rings. The van der Waals surface area contributed by atoms with Gasteiger partial charge >= 0.3 is 0 Å². The second-order valence-corrected chi connectivity index (χ2v) is 4.60. The van der Waals surface area contributed by atoms with Crippen LogP contribution in [0.4, 0.5) is 0 Å². The molecule has 2 aromatic rings. The van der Waals surface area contributed by atoms with Gasteiger partial charge in [0.2, 0.25) is 0 Å². The minimum Gasteiger partial charge on any atom is -0.324 e. The van der Waals surface area contributed by atoms with Crippen LogP contribution in [0, 0.1) is 6.92 Å². The smallest absolute Gasteiger partial charge is 0.0571 e. The maximum atomic E-state index is 6.09. The number of nitrogens with two attached hydrogens (primary N) is 1. The zero-order chi connectivity index (χ0) is 13.1. The fraction of sp³-hybridized carbons (Fsp3) is 0.400. The summed E-state index contributed by atoms with van der Waals surface area (Å²) in [7, 11) is 0. The van der Waals surface area contributed by atoms with E-state index in [9.17, 15) is 0 Å². The summed E-state index contributed by atoms with van der Waals surface area (Å²) in [6.45, 7) is 7.23. The van der Waals surface area contributed by atoms with Crippen LogP contribution in [0.3, 0.4) is 0 Å². The second-order valence-electron chi connectivity index (χ2n) is 4.60. The molecule has 0 bridgehead atoms. The van der Waals surface area contributed by atoms with E-state index in [-0.39, 0.29) is 6.04 Å². The van der Waals surface area contributed by atoms with Crippen LogP contribution < -0.4 is 5.73 Å². The molecule has 0 amide bonds. The van der Waals surface area contributed by atoms with Gasteiger partial charge in [0.15, 0.2) is 0 Å². The van der Waals surface area contributed by atoms with Gasteiger partial charge in [-0.15, -0.1) is 0 Å². The molecule has 1 aromatic heterocycles. The Balaban J connectivity index is 2.41. The first-order valence-corrected chi connectivity index (χ1v) is 6.55. The first kappa shape index (κ1) is 12.8. The predicted molar refractivity (Wildman–Crippen MR) is 75.3 cm³/mol. The van der Waals surface area contributed by atoms with Crippen LogP contribution >= 0.6 is 0 Å². The van der Waals surface area contributed by atoms with Crippen LogP contribution in [0.15, 0.2) is 30.5 Å². The summed E-state index contributed by atoms with van der Waals surface area (Å²) < 4.78 is 2.02. The maximum Gasteiger partial charge on any atom is 0.0571 e. The van der Waals surface area contributed by atoms with Gasteiger partial charge < -0.3 is 5.73 Å². The molecular formula is C15H21N3.